The lowest BCUT2D eigenvalue weighted by Crippen LogP contribution is -2.24. The van der Waals surface area contributed by atoms with Crippen molar-refractivity contribution in [2.75, 3.05) is 6.61 Å². The Morgan fingerprint density at radius 2 is 1.64 bits per heavy atom. The third kappa shape index (κ3) is 4.07. The number of ether oxygens (including phenoxy) is 1. The molecule has 3 rings (SSSR count). The Labute approximate surface area is 151 Å². The molecule has 2 aromatic heterocycles. The standard InChI is InChI=1S/C17H9F7N2O2/c18-10-5-6-26-12(7-10)25-14(17(22,23)24)13(15(26)27)9-1-3-11(4-2-9)28-8-16(19,20)21/h1-7H,8H2. The minimum atomic E-state index is -5.03. The van der Waals surface area contributed by atoms with E-state index >= 15 is 0 Å². The molecule has 0 aliphatic carbocycles. The van der Waals surface area contributed by atoms with Crippen LogP contribution in [0.3, 0.4) is 0 Å². The van der Waals surface area contributed by atoms with E-state index in [2.05, 4.69) is 9.72 Å². The lowest BCUT2D eigenvalue weighted by Gasteiger charge is -2.14. The van der Waals surface area contributed by atoms with Gasteiger partial charge in [-0.1, -0.05) is 12.1 Å². The van der Waals surface area contributed by atoms with Gasteiger partial charge in [0.2, 0.25) is 0 Å². The van der Waals surface area contributed by atoms with E-state index in [0.29, 0.717) is 6.07 Å². The maximum Gasteiger partial charge on any atom is 0.434 e. The van der Waals surface area contributed by atoms with Gasteiger partial charge in [0.15, 0.2) is 12.3 Å². The molecule has 0 spiro atoms. The fraction of sp³-hybridized carbons (Fsp3) is 0.176. The molecule has 1 aromatic carbocycles. The van der Waals surface area contributed by atoms with E-state index in [1.54, 1.807) is 0 Å². The van der Waals surface area contributed by atoms with E-state index in [1.807, 2.05) is 0 Å². The largest absolute Gasteiger partial charge is 0.484 e. The molecule has 0 aliphatic rings. The Balaban J connectivity index is 2.12. The number of fused-ring (bicyclic) bond motifs is 1. The summed E-state index contributed by atoms with van der Waals surface area (Å²) in [5.74, 6) is -1.12. The Kier molecular flexibility index (Phi) is 4.77. The molecule has 0 saturated heterocycles. The highest BCUT2D eigenvalue weighted by Crippen LogP contribution is 2.34. The van der Waals surface area contributed by atoms with Crippen LogP contribution >= 0.6 is 0 Å². The topological polar surface area (TPSA) is 43.6 Å². The van der Waals surface area contributed by atoms with Crippen molar-refractivity contribution >= 4 is 5.65 Å². The average molecular weight is 406 g/mol. The summed E-state index contributed by atoms with van der Waals surface area (Å²) < 4.78 is 95.3. The van der Waals surface area contributed by atoms with Crippen molar-refractivity contribution < 1.29 is 35.5 Å². The van der Waals surface area contributed by atoms with Crippen molar-refractivity contribution in [1.29, 1.82) is 0 Å². The smallest absolute Gasteiger partial charge is 0.434 e. The first kappa shape index (κ1) is 19.6. The highest BCUT2D eigenvalue weighted by atomic mass is 19.4. The molecule has 11 heteroatoms. The number of hydrogen-bond donors (Lipinski definition) is 0. The summed E-state index contributed by atoms with van der Waals surface area (Å²) in [6.07, 6.45) is -8.68. The van der Waals surface area contributed by atoms with E-state index in [9.17, 15) is 35.5 Å². The second-order valence-corrected chi connectivity index (χ2v) is 5.64. The predicted octanol–water partition coefficient (Wildman–Crippen LogP) is 4.46. The van der Waals surface area contributed by atoms with Crippen LogP contribution in [0.5, 0.6) is 5.75 Å². The molecule has 0 unspecified atom stereocenters. The molecule has 0 N–H and O–H groups in total. The van der Waals surface area contributed by atoms with Gasteiger partial charge in [-0.3, -0.25) is 9.20 Å². The van der Waals surface area contributed by atoms with Gasteiger partial charge in [-0.05, 0) is 23.8 Å². The zero-order valence-electron chi connectivity index (χ0n) is 13.6. The third-order valence-corrected chi connectivity index (χ3v) is 3.61. The molecule has 0 radical (unpaired) electrons. The first-order valence-electron chi connectivity index (χ1n) is 7.55. The average Bonchev–Trinajstić information content (AvgIpc) is 2.59. The van der Waals surface area contributed by atoms with Crippen LogP contribution in [0.2, 0.25) is 0 Å². The fourth-order valence-corrected chi connectivity index (χ4v) is 2.46. The van der Waals surface area contributed by atoms with Gasteiger partial charge in [-0.15, -0.1) is 0 Å². The molecule has 0 amide bonds. The molecule has 4 nitrogen and oxygen atoms in total. The first-order chi connectivity index (χ1) is 13.0. The lowest BCUT2D eigenvalue weighted by atomic mass is 10.0. The van der Waals surface area contributed by atoms with Crippen LogP contribution in [-0.4, -0.2) is 22.2 Å². The Bertz CT molecular complexity index is 1070. The van der Waals surface area contributed by atoms with Gasteiger partial charge in [-0.2, -0.15) is 26.3 Å². The molecular formula is C17H9F7N2O2. The number of halogens is 7. The van der Waals surface area contributed by atoms with Crippen LogP contribution in [0.15, 0.2) is 47.4 Å². The van der Waals surface area contributed by atoms with Crippen molar-refractivity contribution in [1.82, 2.24) is 9.38 Å². The van der Waals surface area contributed by atoms with Crippen molar-refractivity contribution in [2.45, 2.75) is 12.4 Å². The van der Waals surface area contributed by atoms with Gasteiger partial charge < -0.3 is 4.74 Å². The number of nitrogens with zero attached hydrogens (tertiary/aromatic N) is 2. The summed E-state index contributed by atoms with van der Waals surface area (Å²) >= 11 is 0. The first-order valence-corrected chi connectivity index (χ1v) is 7.55. The third-order valence-electron chi connectivity index (χ3n) is 3.61. The van der Waals surface area contributed by atoms with E-state index in [1.165, 1.54) is 0 Å². The number of hydrogen-bond acceptors (Lipinski definition) is 3. The van der Waals surface area contributed by atoms with Gasteiger partial charge in [0, 0.05) is 12.3 Å². The van der Waals surface area contributed by atoms with Crippen molar-refractivity contribution in [3.63, 3.8) is 0 Å². The molecule has 0 atom stereocenters. The van der Waals surface area contributed by atoms with Crippen molar-refractivity contribution in [3.05, 3.63) is 64.5 Å². The van der Waals surface area contributed by atoms with Crippen LogP contribution in [0, 0.1) is 5.82 Å². The number of pyridine rings is 1. The van der Waals surface area contributed by atoms with Crippen LogP contribution in [0.25, 0.3) is 16.8 Å². The highest BCUT2D eigenvalue weighted by Gasteiger charge is 2.38. The second kappa shape index (κ2) is 6.80. The lowest BCUT2D eigenvalue weighted by molar-refractivity contribution is -0.153. The van der Waals surface area contributed by atoms with E-state index in [4.69, 9.17) is 0 Å². The number of aromatic nitrogens is 2. The zero-order chi connectivity index (χ0) is 20.7. The predicted molar refractivity (Wildman–Crippen MR) is 83.4 cm³/mol. The summed E-state index contributed by atoms with van der Waals surface area (Å²) in [7, 11) is 0. The van der Waals surface area contributed by atoms with Gasteiger partial charge in [0.1, 0.15) is 17.2 Å². The SMILES string of the molecule is O=c1c(-c2ccc(OCC(F)(F)F)cc2)c(C(F)(F)F)nc2cc(F)ccn12. The van der Waals surface area contributed by atoms with Gasteiger partial charge in [-0.25, -0.2) is 9.37 Å². The number of rotatable bonds is 3. The molecule has 0 saturated carbocycles. The highest BCUT2D eigenvalue weighted by molar-refractivity contribution is 5.68. The molecule has 2 heterocycles. The monoisotopic (exact) mass is 406 g/mol. The molecule has 0 aliphatic heterocycles. The number of benzene rings is 1. The Morgan fingerprint density at radius 1 is 1.00 bits per heavy atom. The molecule has 3 aromatic rings. The summed E-state index contributed by atoms with van der Waals surface area (Å²) in [6, 6.07) is 5.57. The van der Waals surface area contributed by atoms with E-state index in [-0.39, 0.29) is 11.3 Å². The van der Waals surface area contributed by atoms with Crippen LogP contribution in [-0.2, 0) is 6.18 Å². The minimum absolute atomic E-state index is 0.233. The van der Waals surface area contributed by atoms with Gasteiger partial charge in [0.25, 0.3) is 5.56 Å². The Morgan fingerprint density at radius 3 is 2.21 bits per heavy atom. The van der Waals surface area contributed by atoms with Crippen LogP contribution < -0.4 is 10.3 Å². The van der Waals surface area contributed by atoms with E-state index in [0.717, 1.165) is 40.9 Å². The summed E-state index contributed by atoms with van der Waals surface area (Å²) in [4.78, 5) is 15.9. The maximum atomic E-state index is 13.4. The summed E-state index contributed by atoms with van der Waals surface area (Å²) in [6.45, 7) is -1.58. The van der Waals surface area contributed by atoms with Crippen LogP contribution in [0.1, 0.15) is 5.69 Å². The van der Waals surface area contributed by atoms with Gasteiger partial charge >= 0.3 is 12.4 Å². The fourth-order valence-electron chi connectivity index (χ4n) is 2.46. The van der Waals surface area contributed by atoms with Crippen molar-refractivity contribution in [2.24, 2.45) is 0 Å². The second-order valence-electron chi connectivity index (χ2n) is 5.64. The molecule has 0 bridgehead atoms. The molecule has 148 valence electrons. The minimum Gasteiger partial charge on any atom is -0.484 e. The zero-order valence-corrected chi connectivity index (χ0v) is 13.6. The number of alkyl halides is 6. The summed E-state index contributed by atoms with van der Waals surface area (Å²) in [5.41, 5.74) is -4.23. The van der Waals surface area contributed by atoms with Crippen molar-refractivity contribution in [3.8, 4) is 16.9 Å². The van der Waals surface area contributed by atoms with Crippen LogP contribution in [0.4, 0.5) is 30.7 Å². The van der Waals surface area contributed by atoms with Gasteiger partial charge in [0.05, 0.1) is 5.56 Å². The molecular weight excluding hydrogens is 397 g/mol. The molecule has 28 heavy (non-hydrogen) atoms. The quantitative estimate of drug-likeness (QED) is 0.604. The summed E-state index contributed by atoms with van der Waals surface area (Å²) in [5, 5.41) is 0. The molecule has 0 fully saturated rings. The Hall–Kier alpha value is -3.11. The normalized spacial score (nSPS) is 12.4. The van der Waals surface area contributed by atoms with E-state index < -0.39 is 47.2 Å². The maximum absolute atomic E-state index is 13.4.